The van der Waals surface area contributed by atoms with E-state index in [1.54, 1.807) is 6.33 Å². The first kappa shape index (κ1) is 47.6. The Balaban J connectivity index is 0.000000168. The molecule has 8 aromatic rings. The molecule has 0 aliphatic carbocycles. The van der Waals surface area contributed by atoms with E-state index in [1.165, 1.54) is 0 Å². The van der Waals surface area contributed by atoms with Crippen LogP contribution in [-0.2, 0) is 0 Å². The molecule has 0 atom stereocenters. The van der Waals surface area contributed by atoms with E-state index in [4.69, 9.17) is 0 Å². The van der Waals surface area contributed by atoms with Crippen LogP contribution >= 0.6 is 0 Å². The smallest absolute Gasteiger partial charge is 0.181 e. The molecular weight excluding hydrogens is 763 g/mol. The van der Waals surface area contributed by atoms with Crippen LogP contribution in [0.15, 0.2) is 36.9 Å². The maximum Gasteiger partial charge on any atom is 0.181 e. The molecule has 0 saturated carbocycles. The van der Waals surface area contributed by atoms with E-state index < -0.39 is 0 Å². The summed E-state index contributed by atoms with van der Waals surface area (Å²) in [6.45, 7) is 34.7. The third kappa shape index (κ3) is 13.4. The molecule has 0 unspecified atom stereocenters. The van der Waals surface area contributed by atoms with E-state index in [9.17, 15) is 0 Å². The number of nitrogens with zero attached hydrogens (tertiary/aromatic N) is 12. The molecule has 0 aromatic carbocycles. The summed E-state index contributed by atoms with van der Waals surface area (Å²) in [5.74, 6) is 7.97. The summed E-state index contributed by atoms with van der Waals surface area (Å²) in [5, 5.41) is 2.28. The van der Waals surface area contributed by atoms with Gasteiger partial charge in [0, 0.05) is 40.5 Å². The fourth-order valence-corrected chi connectivity index (χ4v) is 6.37. The topological polar surface area (TPSA) is 202 Å². The molecule has 0 spiro atoms. The predicted molar refractivity (Wildman–Crippen MR) is 245 cm³/mol. The monoisotopic (exact) mass is 828 g/mol. The van der Waals surface area contributed by atoms with Gasteiger partial charge in [-0.3, -0.25) is 0 Å². The number of aryl methyl sites for hydroxylation is 7. The zero-order valence-electron chi connectivity index (χ0n) is 39.2. The van der Waals surface area contributed by atoms with Crippen molar-refractivity contribution in [1.29, 1.82) is 0 Å². The third-order valence-corrected chi connectivity index (χ3v) is 9.15. The Morgan fingerprint density at radius 1 is 0.410 bits per heavy atom. The van der Waals surface area contributed by atoms with Crippen molar-refractivity contribution in [2.24, 2.45) is 0 Å². The van der Waals surface area contributed by atoms with Crippen LogP contribution in [0.25, 0.3) is 33.2 Å². The second-order valence-electron chi connectivity index (χ2n) is 16.6. The van der Waals surface area contributed by atoms with Crippen molar-refractivity contribution in [3.63, 3.8) is 0 Å². The Hall–Kier alpha value is -6.12. The number of aromatic nitrogens is 15. The number of H-pyrrole nitrogens is 3. The number of imidazole rings is 1. The maximum absolute atomic E-state index is 4.44. The van der Waals surface area contributed by atoms with Gasteiger partial charge < -0.3 is 15.0 Å². The molecule has 0 radical (unpaired) electrons. The molecule has 8 aromatic heterocycles. The van der Waals surface area contributed by atoms with Gasteiger partial charge in [0.15, 0.2) is 5.65 Å². The van der Waals surface area contributed by atoms with Crippen molar-refractivity contribution in [2.45, 2.75) is 147 Å². The number of hydrogen-bond donors (Lipinski definition) is 3. The second-order valence-corrected chi connectivity index (χ2v) is 16.6. The van der Waals surface area contributed by atoms with Crippen LogP contribution in [0.2, 0.25) is 0 Å². The zero-order valence-corrected chi connectivity index (χ0v) is 39.2. The molecule has 0 aliphatic heterocycles. The quantitative estimate of drug-likeness (QED) is 0.148. The minimum Gasteiger partial charge on any atom is -0.346 e. The molecule has 15 heteroatoms. The average Bonchev–Trinajstić information content (AvgIpc) is 3.95. The number of aromatic amines is 3. The van der Waals surface area contributed by atoms with Gasteiger partial charge in [-0.05, 0) is 90.3 Å². The summed E-state index contributed by atoms with van der Waals surface area (Å²) in [7, 11) is 0. The normalized spacial score (nSPS) is 11.1. The van der Waals surface area contributed by atoms with Gasteiger partial charge in [-0.2, -0.15) is 0 Å². The van der Waals surface area contributed by atoms with Gasteiger partial charge in [0.1, 0.15) is 57.6 Å². The molecular formula is C46H65N15. The zero-order chi connectivity index (χ0) is 45.1. The molecule has 8 heterocycles. The lowest BCUT2D eigenvalue weighted by molar-refractivity contribution is 0.732. The molecule has 0 fully saturated rings. The van der Waals surface area contributed by atoms with Crippen molar-refractivity contribution in [1.82, 2.24) is 74.8 Å². The van der Waals surface area contributed by atoms with Gasteiger partial charge in [-0.15, -0.1) is 0 Å². The highest BCUT2D eigenvalue weighted by Gasteiger charge is 2.12. The SMILES string of the molecule is Cc1cc(C(C)C)nc(C)n1.Cc1nc(C(C)C)c2[nH]cnc2n1.Cc1nc(C(C)C)c2cc[nH]c2n1.Cc1nc(C(C)C)c2cc[nH]c2n1.Cc1nc(C)nc(C(C)C)n1. The number of nitrogens with one attached hydrogen (secondary N) is 3. The molecule has 61 heavy (non-hydrogen) atoms. The van der Waals surface area contributed by atoms with E-state index in [2.05, 4.69) is 144 Å². The van der Waals surface area contributed by atoms with Crippen LogP contribution in [0.4, 0.5) is 0 Å². The Morgan fingerprint density at radius 2 is 0.852 bits per heavy atom. The van der Waals surface area contributed by atoms with Gasteiger partial charge in [-0.25, -0.2) is 59.8 Å². The standard InChI is InChI=1S/2C10H13N3.C9H12N4.C9H14N2.C8H13N3/c2*1-6(2)9-8-4-5-11-10(8)13-7(3)12-9;1-5(2)7-8-9(11-4-10-8)13-6(3)12-7;1-6(2)9-5-7(3)10-8(4)11-9;1-5(2)8-10-6(3)9-7(4)11-8/h2*4-6H,1-3H3,(H,11,12,13);4-5H,1-3H3,(H,10,11,12,13);5-6H,1-4H3;5H,1-4H3. The minimum absolute atomic E-state index is 0.385. The highest BCUT2D eigenvalue weighted by Crippen LogP contribution is 2.23. The first-order valence-electron chi connectivity index (χ1n) is 21.1. The number of fused-ring (bicyclic) bond motifs is 3. The van der Waals surface area contributed by atoms with Crippen LogP contribution in [0.5, 0.6) is 0 Å². The van der Waals surface area contributed by atoms with Gasteiger partial charge in [0.05, 0.1) is 23.4 Å². The van der Waals surface area contributed by atoms with Gasteiger partial charge in [0.25, 0.3) is 0 Å². The Labute approximate surface area is 360 Å². The van der Waals surface area contributed by atoms with Gasteiger partial charge >= 0.3 is 0 Å². The van der Waals surface area contributed by atoms with E-state index in [-0.39, 0.29) is 0 Å². The van der Waals surface area contributed by atoms with Crippen molar-refractivity contribution in [3.8, 4) is 0 Å². The summed E-state index contributed by atoms with van der Waals surface area (Å²) < 4.78 is 0. The minimum atomic E-state index is 0.385. The van der Waals surface area contributed by atoms with E-state index in [1.807, 2.05) is 79.1 Å². The molecule has 3 N–H and O–H groups in total. The van der Waals surface area contributed by atoms with Crippen molar-refractivity contribution in [3.05, 3.63) is 106 Å². The van der Waals surface area contributed by atoms with Crippen LogP contribution in [0.3, 0.4) is 0 Å². The molecule has 324 valence electrons. The fraction of sp³-hybridized carbons (Fsp3) is 0.478. The lowest BCUT2D eigenvalue weighted by Crippen LogP contribution is -2.03. The summed E-state index contributed by atoms with van der Waals surface area (Å²) in [6.07, 6.45) is 5.47. The molecule has 0 aliphatic rings. The van der Waals surface area contributed by atoms with E-state index in [0.29, 0.717) is 29.6 Å². The summed E-state index contributed by atoms with van der Waals surface area (Å²) in [4.78, 5) is 60.6. The largest absolute Gasteiger partial charge is 0.346 e. The summed E-state index contributed by atoms with van der Waals surface area (Å²) in [6, 6.07) is 6.10. The van der Waals surface area contributed by atoms with E-state index in [0.717, 1.165) is 102 Å². The molecule has 8 rings (SSSR count). The second kappa shape index (κ2) is 21.4. The molecule has 15 nitrogen and oxygen atoms in total. The first-order chi connectivity index (χ1) is 28.7. The van der Waals surface area contributed by atoms with Gasteiger partial charge in [-0.1, -0.05) is 69.2 Å². The Kier molecular flexibility index (Phi) is 16.7. The van der Waals surface area contributed by atoms with Crippen molar-refractivity contribution in [2.75, 3.05) is 0 Å². The van der Waals surface area contributed by atoms with Crippen LogP contribution in [0.1, 0.15) is 168 Å². The molecule has 0 amide bonds. The lowest BCUT2D eigenvalue weighted by Gasteiger charge is -2.06. The van der Waals surface area contributed by atoms with Crippen LogP contribution in [-0.4, -0.2) is 74.8 Å². The number of rotatable bonds is 5. The maximum atomic E-state index is 4.44. The molecule has 0 saturated heterocycles. The fourth-order valence-electron chi connectivity index (χ4n) is 6.37. The van der Waals surface area contributed by atoms with Gasteiger partial charge in [0.2, 0.25) is 0 Å². The summed E-state index contributed by atoms with van der Waals surface area (Å²) >= 11 is 0. The first-order valence-corrected chi connectivity index (χ1v) is 21.1. The molecule has 0 bridgehead atoms. The summed E-state index contributed by atoms with van der Waals surface area (Å²) in [5.41, 5.74) is 9.09. The van der Waals surface area contributed by atoms with E-state index >= 15 is 0 Å². The van der Waals surface area contributed by atoms with Crippen molar-refractivity contribution < 1.29 is 0 Å². The number of hydrogen-bond acceptors (Lipinski definition) is 12. The lowest BCUT2D eigenvalue weighted by atomic mass is 10.1. The average molecular weight is 828 g/mol. The third-order valence-electron chi connectivity index (χ3n) is 9.15. The Bertz CT molecular complexity index is 2330. The highest BCUT2D eigenvalue weighted by atomic mass is 15.0. The highest BCUT2D eigenvalue weighted by molar-refractivity contribution is 5.79. The predicted octanol–water partition coefficient (Wildman–Crippen LogP) is 10.4. The van der Waals surface area contributed by atoms with Crippen molar-refractivity contribution >= 4 is 33.2 Å². The van der Waals surface area contributed by atoms with Crippen LogP contribution < -0.4 is 0 Å². The van der Waals surface area contributed by atoms with Crippen LogP contribution in [0, 0.1) is 48.5 Å². The Morgan fingerprint density at radius 3 is 1.30 bits per heavy atom.